The zero-order valence-corrected chi connectivity index (χ0v) is 11.7. The number of aliphatic hydroxyl groups excluding tert-OH is 1. The normalized spacial score (nSPS) is 13.0. The quantitative estimate of drug-likeness (QED) is 0.942. The molecule has 1 aromatic heterocycles. The van der Waals surface area contributed by atoms with Gasteiger partial charge in [-0.05, 0) is 32.0 Å². The van der Waals surface area contributed by atoms with Crippen molar-refractivity contribution in [2.24, 2.45) is 0 Å². The Labute approximate surface area is 113 Å². The number of aromatic nitrogens is 2. The molecular formula is C13H14BrFN2O. The second-order valence-electron chi connectivity index (χ2n) is 4.39. The predicted octanol–water partition coefficient (Wildman–Crippen LogP) is 3.45. The first kappa shape index (κ1) is 13.2. The number of halogens is 2. The minimum atomic E-state index is -1.02. The lowest BCUT2D eigenvalue weighted by atomic mass is 10.1. The van der Waals surface area contributed by atoms with Gasteiger partial charge in [-0.25, -0.2) is 9.37 Å². The van der Waals surface area contributed by atoms with Gasteiger partial charge in [0.1, 0.15) is 11.9 Å². The lowest BCUT2D eigenvalue weighted by Gasteiger charge is -2.17. The number of hydrogen-bond donors (Lipinski definition) is 1. The van der Waals surface area contributed by atoms with Crippen LogP contribution in [0.3, 0.4) is 0 Å². The number of hydrogen-bond acceptors (Lipinski definition) is 2. The van der Waals surface area contributed by atoms with Gasteiger partial charge in [0.25, 0.3) is 0 Å². The van der Waals surface area contributed by atoms with Crippen LogP contribution < -0.4 is 0 Å². The van der Waals surface area contributed by atoms with Gasteiger partial charge in [0.2, 0.25) is 0 Å². The second-order valence-corrected chi connectivity index (χ2v) is 5.30. The van der Waals surface area contributed by atoms with Gasteiger partial charge in [-0.15, -0.1) is 0 Å². The molecule has 1 atom stereocenters. The summed E-state index contributed by atoms with van der Waals surface area (Å²) in [5.74, 6) is -0.429. The van der Waals surface area contributed by atoms with E-state index < -0.39 is 11.9 Å². The van der Waals surface area contributed by atoms with Crippen molar-refractivity contribution >= 4 is 15.9 Å². The molecule has 0 saturated heterocycles. The first-order valence-corrected chi connectivity index (χ1v) is 6.44. The molecule has 0 fully saturated rings. The molecule has 3 nitrogen and oxygen atoms in total. The van der Waals surface area contributed by atoms with E-state index in [1.807, 2.05) is 18.4 Å². The summed E-state index contributed by atoms with van der Waals surface area (Å²) in [5.41, 5.74) is 0.828. The monoisotopic (exact) mass is 312 g/mol. The Morgan fingerprint density at radius 3 is 2.78 bits per heavy atom. The summed E-state index contributed by atoms with van der Waals surface area (Å²) in [6, 6.07) is 4.68. The highest BCUT2D eigenvalue weighted by atomic mass is 79.9. The number of aliphatic hydroxyl groups is 1. The van der Waals surface area contributed by atoms with E-state index in [1.54, 1.807) is 24.7 Å². The number of benzene rings is 1. The summed E-state index contributed by atoms with van der Waals surface area (Å²) < 4.78 is 16.3. The molecule has 1 unspecified atom stereocenters. The van der Waals surface area contributed by atoms with Crippen molar-refractivity contribution in [3.05, 3.63) is 52.3 Å². The van der Waals surface area contributed by atoms with Gasteiger partial charge in [-0.1, -0.05) is 15.9 Å². The van der Waals surface area contributed by atoms with E-state index in [9.17, 15) is 9.50 Å². The van der Waals surface area contributed by atoms with Gasteiger partial charge in [0, 0.05) is 16.1 Å². The minimum Gasteiger partial charge on any atom is -0.382 e. The van der Waals surface area contributed by atoms with Crippen LogP contribution in [-0.4, -0.2) is 14.7 Å². The molecule has 1 aromatic carbocycles. The predicted molar refractivity (Wildman–Crippen MR) is 70.8 cm³/mol. The van der Waals surface area contributed by atoms with E-state index in [2.05, 4.69) is 20.9 Å². The molecule has 0 bridgehead atoms. The van der Waals surface area contributed by atoms with Crippen molar-refractivity contribution < 1.29 is 9.50 Å². The first-order valence-electron chi connectivity index (χ1n) is 5.65. The van der Waals surface area contributed by atoms with E-state index in [1.165, 1.54) is 6.07 Å². The molecule has 1 heterocycles. The molecule has 0 aliphatic rings. The maximum Gasteiger partial charge on any atom is 0.129 e. The fraction of sp³-hybridized carbons (Fsp3) is 0.308. The molecule has 0 amide bonds. The van der Waals surface area contributed by atoms with Gasteiger partial charge in [0.15, 0.2) is 0 Å². The van der Waals surface area contributed by atoms with Crippen LogP contribution in [0.2, 0.25) is 0 Å². The third kappa shape index (κ3) is 2.47. The van der Waals surface area contributed by atoms with E-state index in [0.29, 0.717) is 5.69 Å². The number of imidazole rings is 1. The topological polar surface area (TPSA) is 38.0 Å². The standard InChI is InChI=1S/C13H14BrFN2O/c1-8(2)17-7-16-6-12(17)13(18)10-5-9(14)3-4-11(10)15/h3-8,13,18H,1-2H3. The van der Waals surface area contributed by atoms with Crippen molar-refractivity contribution in [1.29, 1.82) is 0 Å². The summed E-state index contributed by atoms with van der Waals surface area (Å²) in [6.07, 6.45) is 2.18. The van der Waals surface area contributed by atoms with Gasteiger partial charge < -0.3 is 9.67 Å². The molecule has 1 N–H and O–H groups in total. The Kier molecular flexibility index (Phi) is 3.82. The summed E-state index contributed by atoms with van der Waals surface area (Å²) in [6.45, 7) is 3.96. The second kappa shape index (κ2) is 5.20. The Morgan fingerprint density at radius 2 is 2.11 bits per heavy atom. The molecule has 0 radical (unpaired) electrons. The van der Waals surface area contributed by atoms with Gasteiger partial charge in [0.05, 0.1) is 18.2 Å². The SMILES string of the molecule is CC(C)n1cncc1C(O)c1cc(Br)ccc1F. The highest BCUT2D eigenvalue weighted by molar-refractivity contribution is 9.10. The van der Waals surface area contributed by atoms with Gasteiger partial charge in [-0.2, -0.15) is 0 Å². The number of nitrogens with zero attached hydrogens (tertiary/aromatic N) is 2. The lowest BCUT2D eigenvalue weighted by molar-refractivity contribution is 0.203. The fourth-order valence-corrected chi connectivity index (χ4v) is 2.22. The van der Waals surface area contributed by atoms with Crippen molar-refractivity contribution in [2.75, 3.05) is 0 Å². The average molecular weight is 313 g/mol. The van der Waals surface area contributed by atoms with Crippen molar-refractivity contribution in [3.63, 3.8) is 0 Å². The molecule has 18 heavy (non-hydrogen) atoms. The maximum absolute atomic E-state index is 13.7. The van der Waals surface area contributed by atoms with Crippen LogP contribution >= 0.6 is 15.9 Å². The molecular weight excluding hydrogens is 299 g/mol. The third-order valence-electron chi connectivity index (χ3n) is 2.79. The van der Waals surface area contributed by atoms with Crippen LogP contribution in [-0.2, 0) is 0 Å². The third-order valence-corrected chi connectivity index (χ3v) is 3.28. The zero-order chi connectivity index (χ0) is 13.3. The summed E-state index contributed by atoms with van der Waals surface area (Å²) >= 11 is 3.28. The van der Waals surface area contributed by atoms with Crippen molar-refractivity contribution in [1.82, 2.24) is 9.55 Å². The average Bonchev–Trinajstić information content (AvgIpc) is 2.80. The van der Waals surface area contributed by atoms with E-state index in [-0.39, 0.29) is 11.6 Å². The zero-order valence-electron chi connectivity index (χ0n) is 10.1. The van der Waals surface area contributed by atoms with Crippen LogP contribution in [0.1, 0.15) is 37.3 Å². The van der Waals surface area contributed by atoms with Crippen LogP contribution in [0.25, 0.3) is 0 Å². The molecule has 0 aliphatic carbocycles. The summed E-state index contributed by atoms with van der Waals surface area (Å²) in [5, 5.41) is 10.3. The molecule has 0 aliphatic heterocycles. The smallest absolute Gasteiger partial charge is 0.129 e. The first-order chi connectivity index (χ1) is 8.50. The molecule has 5 heteroatoms. The highest BCUT2D eigenvalue weighted by Crippen LogP contribution is 2.28. The number of rotatable bonds is 3. The van der Waals surface area contributed by atoms with E-state index in [4.69, 9.17) is 0 Å². The van der Waals surface area contributed by atoms with E-state index in [0.717, 1.165) is 4.47 Å². The summed E-state index contributed by atoms with van der Waals surface area (Å²) in [7, 11) is 0. The molecule has 2 rings (SSSR count). The maximum atomic E-state index is 13.7. The minimum absolute atomic E-state index is 0.160. The molecule has 0 saturated carbocycles. The summed E-state index contributed by atoms with van der Waals surface area (Å²) in [4.78, 5) is 4.01. The lowest BCUT2D eigenvalue weighted by Crippen LogP contribution is -2.11. The van der Waals surface area contributed by atoms with Gasteiger partial charge >= 0.3 is 0 Å². The van der Waals surface area contributed by atoms with E-state index >= 15 is 0 Å². The van der Waals surface area contributed by atoms with Crippen molar-refractivity contribution in [2.45, 2.75) is 26.0 Å². The van der Waals surface area contributed by atoms with Crippen LogP contribution in [0.15, 0.2) is 35.2 Å². The molecule has 0 spiro atoms. The Balaban J connectivity index is 2.44. The largest absolute Gasteiger partial charge is 0.382 e. The molecule has 2 aromatic rings. The highest BCUT2D eigenvalue weighted by Gasteiger charge is 2.20. The Morgan fingerprint density at radius 1 is 1.39 bits per heavy atom. The fourth-order valence-electron chi connectivity index (χ4n) is 1.84. The van der Waals surface area contributed by atoms with Crippen molar-refractivity contribution in [3.8, 4) is 0 Å². The van der Waals surface area contributed by atoms with Gasteiger partial charge in [-0.3, -0.25) is 0 Å². The van der Waals surface area contributed by atoms with Crippen LogP contribution in [0.4, 0.5) is 4.39 Å². The van der Waals surface area contributed by atoms with Crippen LogP contribution in [0.5, 0.6) is 0 Å². The van der Waals surface area contributed by atoms with Crippen LogP contribution in [0, 0.1) is 5.82 Å². The Bertz CT molecular complexity index is 554. The molecule has 96 valence electrons. The Hall–Kier alpha value is -1.20.